The van der Waals surface area contributed by atoms with E-state index in [9.17, 15) is 5.11 Å². The van der Waals surface area contributed by atoms with Gasteiger partial charge in [-0.3, -0.25) is 4.98 Å². The molecule has 0 amide bonds. The first-order valence-corrected chi connectivity index (χ1v) is 4.00. The minimum Gasteiger partial charge on any atom is -0.466 e. The van der Waals surface area contributed by atoms with Crippen molar-refractivity contribution in [2.45, 2.75) is 6.10 Å². The summed E-state index contributed by atoms with van der Waals surface area (Å²) in [5.74, 6) is 0.513. The van der Waals surface area contributed by atoms with Gasteiger partial charge in [0.1, 0.15) is 5.76 Å². The first-order valence-electron chi connectivity index (χ1n) is 4.00. The lowest BCUT2D eigenvalue weighted by molar-refractivity contribution is 0.185. The van der Waals surface area contributed by atoms with E-state index in [1.807, 2.05) is 6.07 Å². The molecule has 0 bridgehead atoms. The second-order valence-electron chi connectivity index (χ2n) is 2.67. The average Bonchev–Trinajstić information content (AvgIpc) is 2.71. The van der Waals surface area contributed by atoms with E-state index in [0.29, 0.717) is 11.5 Å². The molecule has 13 heavy (non-hydrogen) atoms. The number of rotatable bonds is 2. The Labute approximate surface area is 75.7 Å². The van der Waals surface area contributed by atoms with Gasteiger partial charge in [-0.25, -0.2) is 0 Å². The van der Waals surface area contributed by atoms with E-state index in [1.54, 1.807) is 30.5 Å². The van der Waals surface area contributed by atoms with Gasteiger partial charge in [-0.05, 0) is 24.3 Å². The monoisotopic (exact) mass is 175 g/mol. The van der Waals surface area contributed by atoms with Gasteiger partial charge < -0.3 is 9.52 Å². The van der Waals surface area contributed by atoms with Crippen molar-refractivity contribution in [3.8, 4) is 0 Å². The number of pyridine rings is 1. The molecular formula is C10H9NO2. The van der Waals surface area contributed by atoms with Crippen molar-refractivity contribution in [3.63, 3.8) is 0 Å². The second-order valence-corrected chi connectivity index (χ2v) is 2.67. The van der Waals surface area contributed by atoms with Crippen molar-refractivity contribution in [1.29, 1.82) is 0 Å². The zero-order chi connectivity index (χ0) is 9.10. The summed E-state index contributed by atoms with van der Waals surface area (Å²) in [7, 11) is 0. The van der Waals surface area contributed by atoms with Crippen molar-refractivity contribution in [1.82, 2.24) is 4.98 Å². The third kappa shape index (κ3) is 1.60. The lowest BCUT2D eigenvalue weighted by Gasteiger charge is -2.05. The maximum Gasteiger partial charge on any atom is 0.153 e. The van der Waals surface area contributed by atoms with Crippen molar-refractivity contribution in [3.05, 3.63) is 54.2 Å². The summed E-state index contributed by atoms with van der Waals surface area (Å²) in [4.78, 5) is 4.02. The van der Waals surface area contributed by atoms with E-state index in [1.165, 1.54) is 6.26 Å². The van der Waals surface area contributed by atoms with E-state index in [-0.39, 0.29) is 0 Å². The summed E-state index contributed by atoms with van der Waals surface area (Å²) in [5, 5.41) is 9.72. The molecule has 3 heteroatoms. The summed E-state index contributed by atoms with van der Waals surface area (Å²) < 4.78 is 5.06. The quantitative estimate of drug-likeness (QED) is 0.756. The van der Waals surface area contributed by atoms with Gasteiger partial charge in [0, 0.05) is 6.20 Å². The van der Waals surface area contributed by atoms with Crippen LogP contribution in [0.15, 0.2) is 47.2 Å². The van der Waals surface area contributed by atoms with Crippen LogP contribution >= 0.6 is 0 Å². The Morgan fingerprint density at radius 1 is 1.23 bits per heavy atom. The van der Waals surface area contributed by atoms with Crippen LogP contribution in [0, 0.1) is 0 Å². The number of aliphatic hydroxyl groups is 1. The fourth-order valence-electron chi connectivity index (χ4n) is 1.13. The minimum absolute atomic E-state index is 0.513. The van der Waals surface area contributed by atoms with Crippen LogP contribution in [0.3, 0.4) is 0 Å². The lowest BCUT2D eigenvalue weighted by atomic mass is 10.2. The normalized spacial score (nSPS) is 12.7. The van der Waals surface area contributed by atoms with Crippen LogP contribution in [0.4, 0.5) is 0 Å². The number of aliphatic hydroxyl groups excluding tert-OH is 1. The van der Waals surface area contributed by atoms with Gasteiger partial charge in [0.15, 0.2) is 6.10 Å². The number of aromatic nitrogens is 1. The highest BCUT2D eigenvalue weighted by atomic mass is 16.4. The zero-order valence-electron chi connectivity index (χ0n) is 6.92. The maximum atomic E-state index is 9.72. The third-order valence-corrected chi connectivity index (χ3v) is 1.78. The topological polar surface area (TPSA) is 46.3 Å². The largest absolute Gasteiger partial charge is 0.466 e. The summed E-state index contributed by atoms with van der Waals surface area (Å²) in [5.41, 5.74) is 0.595. The predicted octanol–water partition coefficient (Wildman–Crippen LogP) is 1.76. The predicted molar refractivity (Wildman–Crippen MR) is 47.0 cm³/mol. The highest BCUT2D eigenvalue weighted by molar-refractivity contribution is 5.16. The first kappa shape index (κ1) is 8.01. The van der Waals surface area contributed by atoms with E-state index in [2.05, 4.69) is 4.98 Å². The van der Waals surface area contributed by atoms with Crippen LogP contribution in [0.5, 0.6) is 0 Å². The molecule has 1 N–H and O–H groups in total. The summed E-state index contributed by atoms with van der Waals surface area (Å²) in [6.45, 7) is 0. The van der Waals surface area contributed by atoms with Gasteiger partial charge in [-0.15, -0.1) is 0 Å². The maximum absolute atomic E-state index is 9.72. The molecule has 1 atom stereocenters. The van der Waals surface area contributed by atoms with Gasteiger partial charge >= 0.3 is 0 Å². The molecule has 2 heterocycles. The number of furan rings is 1. The molecule has 0 unspecified atom stereocenters. The molecule has 0 aromatic carbocycles. The molecule has 0 aliphatic carbocycles. The van der Waals surface area contributed by atoms with E-state index < -0.39 is 6.10 Å². The van der Waals surface area contributed by atoms with Crippen LogP contribution < -0.4 is 0 Å². The van der Waals surface area contributed by atoms with E-state index in [0.717, 1.165) is 0 Å². The van der Waals surface area contributed by atoms with Crippen molar-refractivity contribution >= 4 is 0 Å². The molecular weight excluding hydrogens is 166 g/mol. The molecule has 0 saturated carbocycles. The third-order valence-electron chi connectivity index (χ3n) is 1.78. The Balaban J connectivity index is 2.29. The molecule has 0 spiro atoms. The molecule has 0 radical (unpaired) electrons. The van der Waals surface area contributed by atoms with E-state index >= 15 is 0 Å². The highest BCUT2D eigenvalue weighted by Crippen LogP contribution is 2.19. The molecule has 0 saturated heterocycles. The van der Waals surface area contributed by atoms with Gasteiger partial charge in [0.2, 0.25) is 0 Å². The second kappa shape index (κ2) is 3.41. The van der Waals surface area contributed by atoms with Gasteiger partial charge in [0.25, 0.3) is 0 Å². The van der Waals surface area contributed by atoms with Crippen LogP contribution in [0.25, 0.3) is 0 Å². The molecule has 2 aromatic rings. The molecule has 0 fully saturated rings. The Bertz CT molecular complexity index is 356. The standard InChI is InChI=1S/C10H9NO2/c12-10(9-5-3-7-13-9)8-4-1-2-6-11-8/h1-7,10,12H/t10-/m0/s1. The fraction of sp³-hybridized carbons (Fsp3) is 0.100. The SMILES string of the molecule is O[C@@H](c1ccccn1)c1ccco1. The fourth-order valence-corrected chi connectivity index (χ4v) is 1.13. The van der Waals surface area contributed by atoms with Gasteiger partial charge in [-0.2, -0.15) is 0 Å². The van der Waals surface area contributed by atoms with Gasteiger partial charge in [-0.1, -0.05) is 6.07 Å². The highest BCUT2D eigenvalue weighted by Gasteiger charge is 2.13. The number of nitrogens with zero attached hydrogens (tertiary/aromatic N) is 1. The van der Waals surface area contributed by atoms with Crippen molar-refractivity contribution in [2.75, 3.05) is 0 Å². The summed E-state index contributed by atoms with van der Waals surface area (Å²) >= 11 is 0. The summed E-state index contributed by atoms with van der Waals surface area (Å²) in [6.07, 6.45) is 2.40. The molecule has 2 rings (SSSR count). The Kier molecular flexibility index (Phi) is 2.10. The van der Waals surface area contributed by atoms with E-state index in [4.69, 9.17) is 4.42 Å². The molecule has 3 nitrogen and oxygen atoms in total. The number of hydrogen-bond acceptors (Lipinski definition) is 3. The molecule has 0 aliphatic heterocycles. The molecule has 2 aromatic heterocycles. The number of hydrogen-bond donors (Lipinski definition) is 1. The Hall–Kier alpha value is -1.61. The Morgan fingerprint density at radius 3 is 2.77 bits per heavy atom. The van der Waals surface area contributed by atoms with Crippen molar-refractivity contribution in [2.24, 2.45) is 0 Å². The minimum atomic E-state index is -0.767. The molecule has 0 aliphatic rings. The van der Waals surface area contributed by atoms with Crippen LogP contribution in [0.2, 0.25) is 0 Å². The first-order chi connectivity index (χ1) is 6.38. The van der Waals surface area contributed by atoms with Crippen LogP contribution in [-0.4, -0.2) is 10.1 Å². The van der Waals surface area contributed by atoms with Crippen LogP contribution in [0.1, 0.15) is 17.6 Å². The Morgan fingerprint density at radius 2 is 2.15 bits per heavy atom. The average molecular weight is 175 g/mol. The van der Waals surface area contributed by atoms with Gasteiger partial charge in [0.05, 0.1) is 12.0 Å². The molecule has 66 valence electrons. The zero-order valence-corrected chi connectivity index (χ0v) is 6.92. The summed E-state index contributed by atoms with van der Waals surface area (Å²) in [6, 6.07) is 8.85. The lowest BCUT2D eigenvalue weighted by Crippen LogP contribution is -1.99. The smallest absolute Gasteiger partial charge is 0.153 e. The van der Waals surface area contributed by atoms with Crippen LogP contribution in [-0.2, 0) is 0 Å². The van der Waals surface area contributed by atoms with Crippen molar-refractivity contribution < 1.29 is 9.52 Å².